The largest absolute Gasteiger partial charge is 0.375 e. The first-order chi connectivity index (χ1) is 25.8. The van der Waals surface area contributed by atoms with Crippen molar-refractivity contribution in [3.63, 3.8) is 0 Å². The Labute approximate surface area is 326 Å². The Hall–Kier alpha value is -5.37. The van der Waals surface area contributed by atoms with Gasteiger partial charge in [0.05, 0.1) is 81.2 Å². The number of methoxy groups -OCH3 is 2. The predicted molar refractivity (Wildman–Crippen MR) is 204 cm³/mol. The van der Waals surface area contributed by atoms with Crippen LogP contribution in [0.5, 0.6) is 0 Å². The Morgan fingerprint density at radius 2 is 1.17 bits per heavy atom. The van der Waals surface area contributed by atoms with Gasteiger partial charge in [-0.2, -0.15) is 10.2 Å². The number of halogens is 4. The molecule has 6 aromatic heterocycles. The number of carbonyl (C=O) groups excluding carboxylic acids is 3. The maximum atomic E-state index is 12.5. The number of carbonyl (C=O) groups is 3. The van der Waals surface area contributed by atoms with Gasteiger partial charge in [0.1, 0.15) is 5.69 Å². The maximum absolute atomic E-state index is 12.5. The fourth-order valence-electron chi connectivity index (χ4n) is 4.89. The van der Waals surface area contributed by atoms with Gasteiger partial charge < -0.3 is 36.1 Å². The van der Waals surface area contributed by atoms with Crippen LogP contribution in [0.2, 0.25) is 20.4 Å². The molecule has 0 fully saturated rings. The van der Waals surface area contributed by atoms with Crippen molar-refractivity contribution in [3.05, 3.63) is 92.7 Å². The van der Waals surface area contributed by atoms with Gasteiger partial charge in [-0.1, -0.05) is 46.4 Å². The molecular formula is C32H31Cl4N13O5. The summed E-state index contributed by atoms with van der Waals surface area (Å²) in [5.74, 6) is -0.429. The molecule has 0 aliphatic carbocycles. The zero-order valence-electron chi connectivity index (χ0n) is 29.0. The molecule has 0 aromatic carbocycles. The SMILES string of the molecule is CNC(=O)c1ncc(NC(=O)Nc2cnc3cc(Cl)nn3c2[C@H](C)OC)cc1Cl.CO[C@@H](C)c1c(NC(=O)Nc2cncc(Cl)c2)cnc2cc(Cl)nn12. The van der Waals surface area contributed by atoms with E-state index >= 15 is 0 Å². The van der Waals surface area contributed by atoms with E-state index in [9.17, 15) is 14.4 Å². The summed E-state index contributed by atoms with van der Waals surface area (Å²) >= 11 is 23.8. The van der Waals surface area contributed by atoms with E-state index < -0.39 is 24.1 Å². The van der Waals surface area contributed by atoms with Crippen LogP contribution in [0.3, 0.4) is 0 Å². The summed E-state index contributed by atoms with van der Waals surface area (Å²) in [7, 11) is 4.56. The lowest BCUT2D eigenvalue weighted by Crippen LogP contribution is -2.23. The number of nitrogens with one attached hydrogen (secondary N) is 5. The Balaban J connectivity index is 0.000000210. The minimum Gasteiger partial charge on any atom is -0.375 e. The average Bonchev–Trinajstić information content (AvgIpc) is 3.71. The molecule has 6 heterocycles. The normalized spacial score (nSPS) is 12.0. The fourth-order valence-corrected chi connectivity index (χ4v) is 5.66. The number of fused-ring (bicyclic) bond motifs is 2. The molecule has 0 saturated carbocycles. The van der Waals surface area contributed by atoms with Gasteiger partial charge in [-0.25, -0.2) is 33.6 Å². The minimum absolute atomic E-state index is 0.0570. The summed E-state index contributed by atoms with van der Waals surface area (Å²) in [4.78, 5) is 52.8. The molecule has 0 bridgehead atoms. The minimum atomic E-state index is -0.570. The standard InChI is InChI=1S/C17H17Cl2N7O3.C15H14Cl2N6O2/c1-8(29-3)15-11(7-21-13-5-12(19)25-26(13)15)24-17(28)23-9-4-10(18)14(22-6-9)16(27)20-2;1-8(25-2)14-11(7-19-13-4-12(17)22-23(13)14)21-15(24)20-10-3-9(16)5-18-6-10/h4-8H,1-3H3,(H,20,27)(H2,23,24,28);3-8H,1-2H3,(H2,20,21,24)/t2*8-/m00/s1. The molecule has 0 unspecified atom stereocenters. The van der Waals surface area contributed by atoms with Crippen LogP contribution in [0.1, 0.15) is 47.9 Å². The maximum Gasteiger partial charge on any atom is 0.323 e. The number of rotatable bonds is 9. The molecule has 18 nitrogen and oxygen atoms in total. The van der Waals surface area contributed by atoms with Crippen LogP contribution in [0.4, 0.5) is 32.3 Å². The van der Waals surface area contributed by atoms with Gasteiger partial charge in [-0.15, -0.1) is 0 Å². The summed E-state index contributed by atoms with van der Waals surface area (Å²) < 4.78 is 13.8. The quantitative estimate of drug-likeness (QED) is 0.101. The second kappa shape index (κ2) is 17.6. The van der Waals surface area contributed by atoms with Crippen LogP contribution in [0.25, 0.3) is 11.3 Å². The lowest BCUT2D eigenvalue weighted by molar-refractivity contribution is 0.0958. The van der Waals surface area contributed by atoms with E-state index in [0.717, 1.165) is 0 Å². The molecule has 5 N–H and O–H groups in total. The van der Waals surface area contributed by atoms with E-state index in [-0.39, 0.29) is 22.0 Å². The van der Waals surface area contributed by atoms with Crippen molar-refractivity contribution in [2.24, 2.45) is 0 Å². The number of ether oxygens (including phenoxy) is 2. The molecule has 22 heteroatoms. The van der Waals surface area contributed by atoms with Gasteiger partial charge in [0.25, 0.3) is 5.91 Å². The smallest absolute Gasteiger partial charge is 0.323 e. The van der Waals surface area contributed by atoms with Gasteiger partial charge >= 0.3 is 12.1 Å². The van der Waals surface area contributed by atoms with Crippen molar-refractivity contribution in [1.82, 2.24) is 44.5 Å². The number of anilines is 4. The fraction of sp³-hybridized carbons (Fsp3) is 0.219. The highest BCUT2D eigenvalue weighted by atomic mass is 35.5. The van der Waals surface area contributed by atoms with E-state index in [1.165, 1.54) is 60.2 Å². The molecule has 282 valence electrons. The monoisotopic (exact) mass is 817 g/mol. The highest BCUT2D eigenvalue weighted by Crippen LogP contribution is 2.28. The molecule has 0 radical (unpaired) electrons. The molecule has 6 rings (SSSR count). The van der Waals surface area contributed by atoms with Crippen molar-refractivity contribution in [2.75, 3.05) is 42.5 Å². The van der Waals surface area contributed by atoms with Gasteiger partial charge in [0.2, 0.25) is 0 Å². The highest BCUT2D eigenvalue weighted by Gasteiger charge is 2.21. The summed E-state index contributed by atoms with van der Waals surface area (Å²) in [6.07, 6.45) is 6.52. The third-order valence-electron chi connectivity index (χ3n) is 7.46. The topological polar surface area (TPSA) is 216 Å². The van der Waals surface area contributed by atoms with E-state index in [0.29, 0.717) is 55.6 Å². The summed E-state index contributed by atoms with van der Waals surface area (Å²) in [6.45, 7) is 3.63. The van der Waals surface area contributed by atoms with Crippen LogP contribution >= 0.6 is 46.4 Å². The Kier molecular flexibility index (Phi) is 13.0. The first kappa shape index (κ1) is 39.8. The first-order valence-electron chi connectivity index (χ1n) is 15.6. The van der Waals surface area contributed by atoms with E-state index in [2.05, 4.69) is 56.7 Å². The highest BCUT2D eigenvalue weighted by molar-refractivity contribution is 6.34. The van der Waals surface area contributed by atoms with Crippen LogP contribution < -0.4 is 26.6 Å². The lowest BCUT2D eigenvalue weighted by atomic mass is 10.2. The Bertz CT molecular complexity index is 2340. The van der Waals surface area contributed by atoms with Gasteiger partial charge in [0, 0.05) is 39.6 Å². The predicted octanol–water partition coefficient (Wildman–Crippen LogP) is 6.92. The number of pyridine rings is 2. The van der Waals surface area contributed by atoms with Crippen molar-refractivity contribution in [3.8, 4) is 0 Å². The van der Waals surface area contributed by atoms with E-state index in [1.807, 2.05) is 6.92 Å². The molecule has 0 saturated heterocycles. The number of hydrogen-bond donors (Lipinski definition) is 5. The van der Waals surface area contributed by atoms with Crippen LogP contribution in [0, 0.1) is 0 Å². The molecule has 5 amide bonds. The number of nitrogens with zero attached hydrogens (tertiary/aromatic N) is 8. The number of urea groups is 2. The average molecular weight is 819 g/mol. The van der Waals surface area contributed by atoms with Crippen LogP contribution in [-0.2, 0) is 9.47 Å². The second-order valence-electron chi connectivity index (χ2n) is 11.0. The summed E-state index contributed by atoms with van der Waals surface area (Å²) in [5.41, 5.74) is 3.87. The second-order valence-corrected chi connectivity index (χ2v) is 12.6. The number of aromatic nitrogens is 8. The molecule has 6 aromatic rings. The van der Waals surface area contributed by atoms with Crippen molar-refractivity contribution in [1.29, 1.82) is 0 Å². The molecule has 0 spiro atoms. The van der Waals surface area contributed by atoms with Crippen molar-refractivity contribution >= 4 is 98.4 Å². The third kappa shape index (κ3) is 9.40. The van der Waals surface area contributed by atoms with Crippen molar-refractivity contribution < 1.29 is 23.9 Å². The Morgan fingerprint density at radius 3 is 1.61 bits per heavy atom. The summed E-state index contributed by atoms with van der Waals surface area (Å²) in [6, 6.07) is 5.18. The molecule has 0 aliphatic rings. The zero-order valence-corrected chi connectivity index (χ0v) is 32.0. The van der Waals surface area contributed by atoms with E-state index in [4.69, 9.17) is 55.9 Å². The molecule has 54 heavy (non-hydrogen) atoms. The van der Waals surface area contributed by atoms with Crippen molar-refractivity contribution in [2.45, 2.75) is 26.1 Å². The zero-order chi connectivity index (χ0) is 39.1. The number of amides is 5. The molecule has 2 atom stereocenters. The van der Waals surface area contributed by atoms with Crippen LogP contribution in [-0.4, -0.2) is 78.4 Å². The number of hydrogen-bond acceptors (Lipinski definition) is 11. The summed E-state index contributed by atoms with van der Waals surface area (Å²) in [5, 5.41) is 22.6. The van der Waals surface area contributed by atoms with Crippen LogP contribution in [0.15, 0.2) is 55.2 Å². The Morgan fingerprint density at radius 1 is 0.667 bits per heavy atom. The van der Waals surface area contributed by atoms with Gasteiger partial charge in [-0.3, -0.25) is 9.78 Å². The van der Waals surface area contributed by atoms with Gasteiger partial charge in [0.15, 0.2) is 21.6 Å². The third-order valence-corrected chi connectivity index (χ3v) is 8.32. The van der Waals surface area contributed by atoms with E-state index in [1.54, 1.807) is 32.2 Å². The molecule has 0 aliphatic heterocycles. The molecular weight excluding hydrogens is 788 g/mol. The van der Waals surface area contributed by atoms with Gasteiger partial charge in [-0.05, 0) is 26.0 Å². The first-order valence-corrected chi connectivity index (χ1v) is 17.1. The lowest BCUT2D eigenvalue weighted by Gasteiger charge is -2.17.